The second-order valence-corrected chi connectivity index (χ2v) is 5.75. The number of carbonyl (C=O) groups is 1. The molecule has 1 heterocycles. The van der Waals surface area contributed by atoms with Gasteiger partial charge in [0.2, 0.25) is 5.91 Å². The van der Waals surface area contributed by atoms with Crippen molar-refractivity contribution < 1.29 is 4.79 Å². The second-order valence-electron chi connectivity index (χ2n) is 5.75. The van der Waals surface area contributed by atoms with E-state index in [1.165, 1.54) is 0 Å². The third-order valence-corrected chi connectivity index (χ3v) is 4.08. The highest BCUT2D eigenvalue weighted by atomic mass is 16.1. The maximum atomic E-state index is 12.2. The highest BCUT2D eigenvalue weighted by molar-refractivity contribution is 5.78. The van der Waals surface area contributed by atoms with E-state index in [1.54, 1.807) is 0 Å². The normalized spacial score (nSPS) is 12.3. The van der Waals surface area contributed by atoms with Crippen LogP contribution in [0.1, 0.15) is 30.8 Å². The second kappa shape index (κ2) is 6.65. The summed E-state index contributed by atoms with van der Waals surface area (Å²) >= 11 is 0. The Kier molecular flexibility index (Phi) is 4.42. The van der Waals surface area contributed by atoms with Crippen LogP contribution >= 0.6 is 0 Å². The SMILES string of the molecule is Cc1nc2ccccc2n1CCC(=O)N[C@H](C)c1ccccc1. The molecule has 0 saturated heterocycles. The lowest BCUT2D eigenvalue weighted by Crippen LogP contribution is -2.27. The average molecular weight is 307 g/mol. The Morgan fingerprint density at radius 3 is 2.61 bits per heavy atom. The molecule has 4 heteroatoms. The Hall–Kier alpha value is -2.62. The summed E-state index contributed by atoms with van der Waals surface area (Å²) in [5, 5.41) is 3.05. The first-order valence-electron chi connectivity index (χ1n) is 7.91. The van der Waals surface area contributed by atoms with Crippen LogP contribution in [0.15, 0.2) is 54.6 Å². The smallest absolute Gasteiger partial charge is 0.222 e. The fraction of sp³-hybridized carbons (Fsp3) is 0.263. The zero-order valence-corrected chi connectivity index (χ0v) is 13.5. The van der Waals surface area contributed by atoms with E-state index in [0.717, 1.165) is 22.4 Å². The lowest BCUT2D eigenvalue weighted by Gasteiger charge is -2.14. The molecule has 0 aliphatic carbocycles. The minimum Gasteiger partial charge on any atom is -0.350 e. The van der Waals surface area contributed by atoms with E-state index in [9.17, 15) is 4.79 Å². The summed E-state index contributed by atoms with van der Waals surface area (Å²) in [5.74, 6) is 0.994. The van der Waals surface area contributed by atoms with E-state index in [4.69, 9.17) is 0 Å². The monoisotopic (exact) mass is 307 g/mol. The summed E-state index contributed by atoms with van der Waals surface area (Å²) in [6.45, 7) is 4.62. The highest BCUT2D eigenvalue weighted by Crippen LogP contribution is 2.16. The molecule has 1 atom stereocenters. The van der Waals surface area contributed by atoms with Crippen molar-refractivity contribution in [3.63, 3.8) is 0 Å². The molecule has 3 aromatic rings. The number of carbonyl (C=O) groups excluding carboxylic acids is 1. The van der Waals surface area contributed by atoms with E-state index in [-0.39, 0.29) is 11.9 Å². The summed E-state index contributed by atoms with van der Waals surface area (Å²) in [4.78, 5) is 16.8. The van der Waals surface area contributed by atoms with Gasteiger partial charge in [0.25, 0.3) is 0 Å². The van der Waals surface area contributed by atoms with E-state index < -0.39 is 0 Å². The molecule has 0 bridgehead atoms. The summed E-state index contributed by atoms with van der Waals surface area (Å²) < 4.78 is 2.10. The topological polar surface area (TPSA) is 46.9 Å². The number of nitrogens with one attached hydrogen (secondary N) is 1. The number of amides is 1. The van der Waals surface area contributed by atoms with Crippen molar-refractivity contribution in [2.24, 2.45) is 0 Å². The molecule has 1 N–H and O–H groups in total. The van der Waals surface area contributed by atoms with Crippen molar-refractivity contribution in [2.45, 2.75) is 32.9 Å². The van der Waals surface area contributed by atoms with Gasteiger partial charge in [0.1, 0.15) is 5.82 Å². The average Bonchev–Trinajstić information content (AvgIpc) is 2.89. The molecule has 3 rings (SSSR count). The first kappa shape index (κ1) is 15.3. The predicted octanol–water partition coefficient (Wildman–Crippen LogP) is 3.61. The van der Waals surface area contributed by atoms with Crippen molar-refractivity contribution in [1.82, 2.24) is 14.9 Å². The van der Waals surface area contributed by atoms with Crippen LogP contribution in [0, 0.1) is 6.92 Å². The molecule has 0 saturated carbocycles. The number of aromatic nitrogens is 2. The number of rotatable bonds is 5. The molecule has 0 aliphatic rings. The number of benzene rings is 2. The third-order valence-electron chi connectivity index (χ3n) is 4.08. The number of imidazole rings is 1. The van der Waals surface area contributed by atoms with Gasteiger partial charge in [0.15, 0.2) is 0 Å². The Morgan fingerprint density at radius 1 is 1.13 bits per heavy atom. The van der Waals surface area contributed by atoms with Gasteiger partial charge in [0.05, 0.1) is 17.1 Å². The van der Waals surface area contributed by atoms with Crippen LogP contribution < -0.4 is 5.32 Å². The molecule has 0 radical (unpaired) electrons. The molecule has 0 unspecified atom stereocenters. The minimum absolute atomic E-state index is 0.0179. The van der Waals surface area contributed by atoms with Gasteiger partial charge in [-0.15, -0.1) is 0 Å². The zero-order valence-electron chi connectivity index (χ0n) is 13.5. The quantitative estimate of drug-likeness (QED) is 0.782. The standard InChI is InChI=1S/C19H21N3O/c1-14(16-8-4-3-5-9-16)20-19(23)12-13-22-15(2)21-17-10-6-7-11-18(17)22/h3-11,14H,12-13H2,1-2H3,(H,20,23)/t14-/m1/s1. The van der Waals surface area contributed by atoms with Crippen LogP contribution in [-0.2, 0) is 11.3 Å². The van der Waals surface area contributed by atoms with Crippen molar-refractivity contribution in [1.29, 1.82) is 0 Å². The van der Waals surface area contributed by atoms with Gasteiger partial charge in [-0.3, -0.25) is 4.79 Å². The summed E-state index contributed by atoms with van der Waals surface area (Å²) in [7, 11) is 0. The Balaban J connectivity index is 1.63. The van der Waals surface area contributed by atoms with Gasteiger partial charge in [0, 0.05) is 13.0 Å². The first-order valence-corrected chi connectivity index (χ1v) is 7.91. The lowest BCUT2D eigenvalue weighted by atomic mass is 10.1. The van der Waals surface area contributed by atoms with Crippen LogP contribution in [0.2, 0.25) is 0 Å². The molecule has 0 aliphatic heterocycles. The molecule has 118 valence electrons. The van der Waals surface area contributed by atoms with E-state index in [2.05, 4.69) is 14.9 Å². The van der Waals surface area contributed by atoms with Crippen LogP contribution in [0.5, 0.6) is 0 Å². The first-order chi connectivity index (χ1) is 11.1. The Morgan fingerprint density at radius 2 is 1.83 bits per heavy atom. The fourth-order valence-corrected chi connectivity index (χ4v) is 2.83. The van der Waals surface area contributed by atoms with Crippen molar-refractivity contribution >= 4 is 16.9 Å². The van der Waals surface area contributed by atoms with Crippen LogP contribution in [0.4, 0.5) is 0 Å². The van der Waals surface area contributed by atoms with Gasteiger partial charge in [-0.25, -0.2) is 4.98 Å². The maximum Gasteiger partial charge on any atom is 0.222 e. The predicted molar refractivity (Wildman–Crippen MR) is 92.1 cm³/mol. The van der Waals surface area contributed by atoms with Crippen LogP contribution in [0.25, 0.3) is 11.0 Å². The van der Waals surface area contributed by atoms with Crippen molar-refractivity contribution in [3.8, 4) is 0 Å². The van der Waals surface area contributed by atoms with Crippen LogP contribution in [0.3, 0.4) is 0 Å². The number of hydrogen-bond donors (Lipinski definition) is 1. The largest absolute Gasteiger partial charge is 0.350 e. The zero-order chi connectivity index (χ0) is 16.2. The lowest BCUT2D eigenvalue weighted by molar-refractivity contribution is -0.121. The summed E-state index contributed by atoms with van der Waals surface area (Å²) in [5.41, 5.74) is 3.17. The Bertz CT molecular complexity index is 808. The fourth-order valence-electron chi connectivity index (χ4n) is 2.83. The maximum absolute atomic E-state index is 12.2. The molecular formula is C19H21N3O. The molecule has 0 spiro atoms. The Labute approximate surface area is 136 Å². The number of para-hydroxylation sites is 2. The van der Waals surface area contributed by atoms with Gasteiger partial charge in [-0.2, -0.15) is 0 Å². The highest BCUT2D eigenvalue weighted by Gasteiger charge is 2.11. The van der Waals surface area contributed by atoms with Crippen molar-refractivity contribution in [3.05, 3.63) is 66.0 Å². The number of aryl methyl sites for hydroxylation is 2. The van der Waals surface area contributed by atoms with Crippen molar-refractivity contribution in [2.75, 3.05) is 0 Å². The van der Waals surface area contributed by atoms with Gasteiger partial charge in [-0.1, -0.05) is 42.5 Å². The molecule has 1 amide bonds. The third kappa shape index (κ3) is 3.42. The molecule has 2 aromatic carbocycles. The van der Waals surface area contributed by atoms with E-state index >= 15 is 0 Å². The van der Waals surface area contributed by atoms with E-state index in [1.807, 2.05) is 68.4 Å². The summed E-state index contributed by atoms with van der Waals surface area (Å²) in [6, 6.07) is 18.0. The number of fused-ring (bicyclic) bond motifs is 1. The number of hydrogen-bond acceptors (Lipinski definition) is 2. The molecule has 4 nitrogen and oxygen atoms in total. The molecule has 1 aromatic heterocycles. The van der Waals surface area contributed by atoms with Crippen LogP contribution in [-0.4, -0.2) is 15.5 Å². The molecule has 0 fully saturated rings. The van der Waals surface area contributed by atoms with Gasteiger partial charge >= 0.3 is 0 Å². The van der Waals surface area contributed by atoms with E-state index in [0.29, 0.717) is 13.0 Å². The molecule has 23 heavy (non-hydrogen) atoms. The molecular weight excluding hydrogens is 286 g/mol. The van der Waals surface area contributed by atoms with Gasteiger partial charge < -0.3 is 9.88 Å². The van der Waals surface area contributed by atoms with Gasteiger partial charge in [-0.05, 0) is 31.5 Å². The number of nitrogens with zero attached hydrogens (tertiary/aromatic N) is 2. The minimum atomic E-state index is 0.0179. The summed E-state index contributed by atoms with van der Waals surface area (Å²) in [6.07, 6.45) is 0.443.